The van der Waals surface area contributed by atoms with Crippen LogP contribution in [0.3, 0.4) is 0 Å². The van der Waals surface area contributed by atoms with E-state index in [-0.39, 0.29) is 5.91 Å². The van der Waals surface area contributed by atoms with Gasteiger partial charge in [0.2, 0.25) is 0 Å². The summed E-state index contributed by atoms with van der Waals surface area (Å²) in [5, 5.41) is 0. The van der Waals surface area contributed by atoms with E-state index >= 15 is 0 Å². The maximum Gasteiger partial charge on any atom is 0.258 e. The Kier molecular flexibility index (Phi) is 4.71. The molecule has 1 aliphatic rings. The van der Waals surface area contributed by atoms with E-state index in [1.807, 2.05) is 65.6 Å². The standard InChI is InChI=1S/C25H21NO/c1-19-12-14-22(15-13-19)24-17-23(16-20-8-4-2-5-9-20)25(27)26(24)18-21-10-6-3-7-11-21/h2-17H,18H2,1H3/b23-16+. The topological polar surface area (TPSA) is 20.3 Å². The van der Waals surface area contributed by atoms with Gasteiger partial charge < -0.3 is 4.90 Å². The number of hydrogen-bond donors (Lipinski definition) is 0. The average Bonchev–Trinajstić information content (AvgIpc) is 3.00. The van der Waals surface area contributed by atoms with E-state index in [2.05, 4.69) is 43.3 Å². The first-order chi connectivity index (χ1) is 13.2. The van der Waals surface area contributed by atoms with Crippen LogP contribution in [0.25, 0.3) is 11.8 Å². The third kappa shape index (κ3) is 3.75. The molecule has 0 atom stereocenters. The summed E-state index contributed by atoms with van der Waals surface area (Å²) in [6.45, 7) is 2.63. The molecule has 3 aromatic carbocycles. The summed E-state index contributed by atoms with van der Waals surface area (Å²) in [6.07, 6.45) is 3.96. The highest BCUT2D eigenvalue weighted by atomic mass is 16.2. The van der Waals surface area contributed by atoms with Gasteiger partial charge >= 0.3 is 0 Å². The monoisotopic (exact) mass is 351 g/mol. The van der Waals surface area contributed by atoms with Crippen molar-refractivity contribution in [1.29, 1.82) is 0 Å². The van der Waals surface area contributed by atoms with Crippen molar-refractivity contribution in [2.75, 3.05) is 0 Å². The van der Waals surface area contributed by atoms with Crippen molar-refractivity contribution in [1.82, 2.24) is 4.90 Å². The number of carbonyl (C=O) groups excluding carboxylic acids is 1. The van der Waals surface area contributed by atoms with Gasteiger partial charge in [0, 0.05) is 5.57 Å². The summed E-state index contributed by atoms with van der Waals surface area (Å²) in [6, 6.07) is 28.4. The molecule has 27 heavy (non-hydrogen) atoms. The van der Waals surface area contributed by atoms with Gasteiger partial charge in [0.15, 0.2) is 0 Å². The smallest absolute Gasteiger partial charge is 0.258 e. The molecule has 132 valence electrons. The highest BCUT2D eigenvalue weighted by Gasteiger charge is 2.29. The number of hydrogen-bond acceptors (Lipinski definition) is 1. The Balaban J connectivity index is 1.74. The molecule has 2 heteroatoms. The van der Waals surface area contributed by atoms with Gasteiger partial charge in [0.05, 0.1) is 12.2 Å². The van der Waals surface area contributed by atoms with E-state index in [9.17, 15) is 4.79 Å². The van der Waals surface area contributed by atoms with Crippen molar-refractivity contribution in [2.45, 2.75) is 13.5 Å². The number of benzene rings is 3. The molecule has 2 nitrogen and oxygen atoms in total. The zero-order valence-electron chi connectivity index (χ0n) is 15.3. The summed E-state index contributed by atoms with van der Waals surface area (Å²) < 4.78 is 0. The lowest BCUT2D eigenvalue weighted by atomic mass is 10.1. The van der Waals surface area contributed by atoms with Crippen LogP contribution in [0.4, 0.5) is 0 Å². The first kappa shape index (κ1) is 17.0. The van der Waals surface area contributed by atoms with Gasteiger partial charge in [-0.05, 0) is 35.8 Å². The fourth-order valence-corrected chi connectivity index (χ4v) is 3.27. The normalized spacial score (nSPS) is 15.3. The van der Waals surface area contributed by atoms with Crippen molar-refractivity contribution >= 4 is 17.7 Å². The molecule has 0 aromatic heterocycles. The van der Waals surface area contributed by atoms with Crippen LogP contribution in [-0.4, -0.2) is 10.8 Å². The molecule has 1 aliphatic heterocycles. The Morgan fingerprint density at radius 2 is 1.44 bits per heavy atom. The Morgan fingerprint density at radius 3 is 2.11 bits per heavy atom. The molecule has 0 aliphatic carbocycles. The van der Waals surface area contributed by atoms with Gasteiger partial charge in [-0.2, -0.15) is 0 Å². The van der Waals surface area contributed by atoms with E-state index in [4.69, 9.17) is 0 Å². The minimum atomic E-state index is 0.0401. The van der Waals surface area contributed by atoms with Crippen LogP contribution in [0, 0.1) is 6.92 Å². The Labute approximate surface area is 160 Å². The van der Waals surface area contributed by atoms with Gasteiger partial charge in [-0.1, -0.05) is 90.5 Å². The van der Waals surface area contributed by atoms with E-state index < -0.39 is 0 Å². The van der Waals surface area contributed by atoms with Crippen LogP contribution in [0.5, 0.6) is 0 Å². The zero-order valence-corrected chi connectivity index (χ0v) is 15.3. The van der Waals surface area contributed by atoms with Crippen LogP contribution in [0.1, 0.15) is 22.3 Å². The van der Waals surface area contributed by atoms with Crippen LogP contribution in [0.2, 0.25) is 0 Å². The summed E-state index contributed by atoms with van der Waals surface area (Å²) in [4.78, 5) is 15.0. The minimum Gasteiger partial charge on any atom is -0.303 e. The van der Waals surface area contributed by atoms with Crippen molar-refractivity contribution in [3.05, 3.63) is 119 Å². The van der Waals surface area contributed by atoms with E-state index in [1.54, 1.807) is 0 Å². The fraction of sp³-hybridized carbons (Fsp3) is 0.0800. The van der Waals surface area contributed by atoms with Gasteiger partial charge in [0.25, 0.3) is 5.91 Å². The fourth-order valence-electron chi connectivity index (χ4n) is 3.27. The van der Waals surface area contributed by atoms with Crippen molar-refractivity contribution in [2.24, 2.45) is 0 Å². The van der Waals surface area contributed by atoms with E-state index in [1.165, 1.54) is 5.56 Å². The first-order valence-corrected chi connectivity index (χ1v) is 9.12. The largest absolute Gasteiger partial charge is 0.303 e. The Hall–Kier alpha value is -3.39. The first-order valence-electron chi connectivity index (χ1n) is 9.12. The number of nitrogens with zero attached hydrogens (tertiary/aromatic N) is 1. The molecular formula is C25H21NO. The lowest BCUT2D eigenvalue weighted by Gasteiger charge is -2.21. The number of carbonyl (C=O) groups is 1. The number of aryl methyl sites for hydroxylation is 1. The van der Waals surface area contributed by atoms with E-state index in [0.29, 0.717) is 12.1 Å². The predicted octanol–water partition coefficient (Wildman–Crippen LogP) is 5.46. The highest BCUT2D eigenvalue weighted by molar-refractivity contribution is 6.10. The maximum atomic E-state index is 13.2. The van der Waals surface area contributed by atoms with Crippen molar-refractivity contribution < 1.29 is 4.79 Å². The molecule has 0 fully saturated rings. The van der Waals surface area contributed by atoms with Gasteiger partial charge in [-0.15, -0.1) is 0 Å². The SMILES string of the molecule is Cc1ccc(C2=C/C(=C\c3ccccc3)C(=O)N2Cc2ccccc2)cc1. The average molecular weight is 351 g/mol. The molecule has 1 amide bonds. The molecule has 0 radical (unpaired) electrons. The summed E-state index contributed by atoms with van der Waals surface area (Å²) >= 11 is 0. The molecule has 1 heterocycles. The van der Waals surface area contributed by atoms with Gasteiger partial charge in [-0.25, -0.2) is 0 Å². The predicted molar refractivity (Wildman–Crippen MR) is 111 cm³/mol. The number of amides is 1. The van der Waals surface area contributed by atoms with Crippen LogP contribution in [-0.2, 0) is 11.3 Å². The van der Waals surface area contributed by atoms with Gasteiger partial charge in [-0.3, -0.25) is 4.79 Å². The molecule has 0 bridgehead atoms. The Morgan fingerprint density at radius 1 is 0.815 bits per heavy atom. The van der Waals surface area contributed by atoms with Crippen molar-refractivity contribution in [3.8, 4) is 0 Å². The lowest BCUT2D eigenvalue weighted by Crippen LogP contribution is -2.25. The third-order valence-corrected chi connectivity index (χ3v) is 4.73. The zero-order chi connectivity index (χ0) is 18.6. The minimum absolute atomic E-state index is 0.0401. The summed E-state index contributed by atoms with van der Waals surface area (Å²) in [5.74, 6) is 0.0401. The molecule has 0 N–H and O–H groups in total. The molecule has 3 aromatic rings. The summed E-state index contributed by atoms with van der Waals surface area (Å²) in [5.41, 5.74) is 6.07. The quantitative estimate of drug-likeness (QED) is 0.571. The van der Waals surface area contributed by atoms with Crippen LogP contribution >= 0.6 is 0 Å². The molecule has 0 saturated carbocycles. The van der Waals surface area contributed by atoms with Crippen LogP contribution in [0.15, 0.2) is 96.6 Å². The molecule has 0 saturated heterocycles. The second-order valence-corrected chi connectivity index (χ2v) is 6.78. The van der Waals surface area contributed by atoms with Crippen LogP contribution < -0.4 is 0 Å². The second kappa shape index (κ2) is 7.46. The van der Waals surface area contributed by atoms with Gasteiger partial charge in [0.1, 0.15) is 0 Å². The molecule has 0 unspecified atom stereocenters. The van der Waals surface area contributed by atoms with E-state index in [0.717, 1.165) is 22.4 Å². The second-order valence-electron chi connectivity index (χ2n) is 6.78. The number of rotatable bonds is 4. The molecule has 4 rings (SSSR count). The molecule has 0 spiro atoms. The lowest BCUT2D eigenvalue weighted by molar-refractivity contribution is -0.123. The molecular weight excluding hydrogens is 330 g/mol. The Bertz CT molecular complexity index is 999. The third-order valence-electron chi connectivity index (χ3n) is 4.73. The summed E-state index contributed by atoms with van der Waals surface area (Å²) in [7, 11) is 0. The van der Waals surface area contributed by atoms with Crippen molar-refractivity contribution in [3.63, 3.8) is 0 Å². The maximum absolute atomic E-state index is 13.2. The highest BCUT2D eigenvalue weighted by Crippen LogP contribution is 2.32.